The molecule has 2 atom stereocenters. The fraction of sp³-hybridized carbons (Fsp3) is 0.917. The Bertz CT molecular complexity index is 220. The van der Waals surface area contributed by atoms with Crippen LogP contribution in [0.4, 0.5) is 0 Å². The first-order chi connectivity index (χ1) is 6.97. The van der Waals surface area contributed by atoms with Gasteiger partial charge in [0.15, 0.2) is 0 Å². The summed E-state index contributed by atoms with van der Waals surface area (Å²) in [5.41, 5.74) is 5.18. The summed E-state index contributed by atoms with van der Waals surface area (Å²) in [6, 6.07) is 0.273. The van der Waals surface area contributed by atoms with E-state index in [1.165, 1.54) is 25.7 Å². The molecule has 1 amide bonds. The lowest BCUT2D eigenvalue weighted by Gasteiger charge is -2.27. The molecule has 15 heavy (non-hydrogen) atoms. The maximum Gasteiger partial charge on any atom is 0.239 e. The second-order valence-electron chi connectivity index (χ2n) is 5.08. The van der Waals surface area contributed by atoms with Crippen molar-refractivity contribution >= 4 is 5.91 Å². The Morgan fingerprint density at radius 3 is 2.53 bits per heavy atom. The lowest BCUT2D eigenvalue weighted by molar-refractivity contribution is -0.126. The number of hydrogen-bond acceptors (Lipinski definition) is 2. The highest BCUT2D eigenvalue weighted by atomic mass is 16.2. The maximum atomic E-state index is 11.8. The van der Waals surface area contributed by atoms with Gasteiger partial charge in [-0.05, 0) is 39.0 Å². The summed E-state index contributed by atoms with van der Waals surface area (Å²) in [6.07, 6.45) is 5.77. The van der Waals surface area contributed by atoms with Gasteiger partial charge < -0.3 is 11.1 Å². The Kier molecular flexibility index (Phi) is 4.14. The fourth-order valence-electron chi connectivity index (χ4n) is 2.11. The van der Waals surface area contributed by atoms with Gasteiger partial charge in [-0.15, -0.1) is 0 Å². The van der Waals surface area contributed by atoms with Crippen molar-refractivity contribution in [3.8, 4) is 0 Å². The first-order valence-electron chi connectivity index (χ1n) is 6.07. The molecule has 0 saturated heterocycles. The molecule has 0 aromatic heterocycles. The predicted molar refractivity (Wildman–Crippen MR) is 62.4 cm³/mol. The number of rotatable bonds is 4. The molecule has 1 saturated carbocycles. The van der Waals surface area contributed by atoms with Crippen LogP contribution in [0.15, 0.2) is 0 Å². The van der Waals surface area contributed by atoms with Crippen molar-refractivity contribution in [3.05, 3.63) is 0 Å². The van der Waals surface area contributed by atoms with E-state index in [4.69, 9.17) is 5.73 Å². The minimum absolute atomic E-state index is 0.00981. The number of carbonyl (C=O) groups excluding carboxylic acids is 1. The molecule has 0 aromatic carbocycles. The summed E-state index contributed by atoms with van der Waals surface area (Å²) in [4.78, 5) is 11.8. The van der Waals surface area contributed by atoms with Crippen molar-refractivity contribution in [1.29, 1.82) is 0 Å². The molecule has 3 heteroatoms. The van der Waals surface area contributed by atoms with E-state index in [-0.39, 0.29) is 11.9 Å². The van der Waals surface area contributed by atoms with Gasteiger partial charge in [-0.25, -0.2) is 0 Å². The lowest BCUT2D eigenvalue weighted by atomic mass is 9.95. The molecule has 1 aliphatic rings. The van der Waals surface area contributed by atoms with Gasteiger partial charge in [0.05, 0.1) is 5.54 Å². The number of nitrogens with two attached hydrogens (primary N) is 1. The molecule has 3 nitrogen and oxygen atoms in total. The molecule has 0 aromatic rings. The molecule has 0 bridgehead atoms. The SMILES string of the molecule is CCC(C)(N)C(=O)N[C@H](C)C1CCCC1. The van der Waals surface area contributed by atoms with Crippen LogP contribution < -0.4 is 11.1 Å². The smallest absolute Gasteiger partial charge is 0.239 e. The van der Waals surface area contributed by atoms with Crippen LogP contribution in [0.5, 0.6) is 0 Å². The molecule has 1 fully saturated rings. The summed E-state index contributed by atoms with van der Waals surface area (Å²) >= 11 is 0. The van der Waals surface area contributed by atoms with Gasteiger partial charge in [-0.1, -0.05) is 19.8 Å². The van der Waals surface area contributed by atoms with Crippen molar-refractivity contribution in [2.24, 2.45) is 11.7 Å². The van der Waals surface area contributed by atoms with Gasteiger partial charge in [-0.3, -0.25) is 4.79 Å². The van der Waals surface area contributed by atoms with Crippen LogP contribution >= 0.6 is 0 Å². The number of hydrogen-bond donors (Lipinski definition) is 2. The average Bonchev–Trinajstić information content (AvgIpc) is 2.70. The van der Waals surface area contributed by atoms with Crippen molar-refractivity contribution in [2.45, 2.75) is 64.5 Å². The van der Waals surface area contributed by atoms with E-state index >= 15 is 0 Å². The Hall–Kier alpha value is -0.570. The van der Waals surface area contributed by atoms with Crippen LogP contribution in [0.25, 0.3) is 0 Å². The molecule has 0 radical (unpaired) electrons. The van der Waals surface area contributed by atoms with E-state index in [1.807, 2.05) is 6.92 Å². The molecule has 1 rings (SSSR count). The third-order valence-corrected chi connectivity index (χ3v) is 3.72. The fourth-order valence-corrected chi connectivity index (χ4v) is 2.11. The first-order valence-corrected chi connectivity index (χ1v) is 6.07. The van der Waals surface area contributed by atoms with Crippen LogP contribution in [0, 0.1) is 5.92 Å². The summed E-state index contributed by atoms with van der Waals surface area (Å²) in [7, 11) is 0. The Morgan fingerprint density at radius 1 is 1.53 bits per heavy atom. The standard InChI is InChI=1S/C12H24N2O/c1-4-12(3,13)11(15)14-9(2)10-7-5-6-8-10/h9-10H,4-8,13H2,1-3H3,(H,14,15)/t9-,12?/m1/s1. The Balaban J connectivity index is 2.43. The van der Waals surface area contributed by atoms with Crippen LogP contribution in [-0.2, 0) is 4.79 Å². The third-order valence-electron chi connectivity index (χ3n) is 3.72. The highest BCUT2D eigenvalue weighted by Crippen LogP contribution is 2.27. The molecular formula is C12H24N2O. The molecule has 88 valence electrons. The molecule has 1 aliphatic carbocycles. The first kappa shape index (κ1) is 12.5. The van der Waals surface area contributed by atoms with Gasteiger partial charge in [0.2, 0.25) is 5.91 Å². The lowest BCUT2D eigenvalue weighted by Crippen LogP contribution is -2.54. The van der Waals surface area contributed by atoms with E-state index in [0.29, 0.717) is 12.3 Å². The van der Waals surface area contributed by atoms with E-state index < -0.39 is 5.54 Å². The van der Waals surface area contributed by atoms with Crippen molar-refractivity contribution in [2.75, 3.05) is 0 Å². The molecular weight excluding hydrogens is 188 g/mol. The van der Waals surface area contributed by atoms with E-state index in [9.17, 15) is 4.79 Å². The van der Waals surface area contributed by atoms with E-state index in [1.54, 1.807) is 6.92 Å². The Labute approximate surface area is 92.8 Å². The summed E-state index contributed by atoms with van der Waals surface area (Å²) < 4.78 is 0. The molecule has 0 aliphatic heterocycles. The van der Waals surface area contributed by atoms with Crippen molar-refractivity contribution in [3.63, 3.8) is 0 Å². The van der Waals surface area contributed by atoms with Gasteiger partial charge in [0, 0.05) is 6.04 Å². The normalized spacial score (nSPS) is 23.5. The topological polar surface area (TPSA) is 55.1 Å². The highest BCUT2D eigenvalue weighted by molar-refractivity contribution is 5.85. The maximum absolute atomic E-state index is 11.8. The van der Waals surface area contributed by atoms with Crippen LogP contribution in [-0.4, -0.2) is 17.5 Å². The van der Waals surface area contributed by atoms with Gasteiger partial charge in [0.25, 0.3) is 0 Å². The van der Waals surface area contributed by atoms with Crippen molar-refractivity contribution < 1.29 is 4.79 Å². The zero-order valence-corrected chi connectivity index (χ0v) is 10.2. The van der Waals surface area contributed by atoms with Gasteiger partial charge in [-0.2, -0.15) is 0 Å². The van der Waals surface area contributed by atoms with Crippen LogP contribution in [0.1, 0.15) is 52.9 Å². The molecule has 1 unspecified atom stereocenters. The van der Waals surface area contributed by atoms with Crippen LogP contribution in [0.3, 0.4) is 0 Å². The summed E-state index contributed by atoms with van der Waals surface area (Å²) in [6.45, 7) is 5.84. The van der Waals surface area contributed by atoms with E-state index in [0.717, 1.165) is 0 Å². The number of nitrogens with one attached hydrogen (secondary N) is 1. The largest absolute Gasteiger partial charge is 0.352 e. The highest BCUT2D eigenvalue weighted by Gasteiger charge is 2.29. The molecule has 0 spiro atoms. The number of carbonyl (C=O) groups is 1. The van der Waals surface area contributed by atoms with E-state index in [2.05, 4.69) is 12.2 Å². The second kappa shape index (κ2) is 4.97. The number of amides is 1. The zero-order valence-electron chi connectivity index (χ0n) is 10.2. The summed E-state index contributed by atoms with van der Waals surface area (Å²) in [5.74, 6) is 0.644. The molecule has 0 heterocycles. The van der Waals surface area contributed by atoms with Gasteiger partial charge in [0.1, 0.15) is 0 Å². The predicted octanol–water partition coefficient (Wildman–Crippen LogP) is 1.81. The minimum atomic E-state index is -0.715. The quantitative estimate of drug-likeness (QED) is 0.746. The minimum Gasteiger partial charge on any atom is -0.352 e. The third kappa shape index (κ3) is 3.20. The van der Waals surface area contributed by atoms with Gasteiger partial charge >= 0.3 is 0 Å². The van der Waals surface area contributed by atoms with Crippen LogP contribution in [0.2, 0.25) is 0 Å². The Morgan fingerprint density at radius 2 is 2.07 bits per heavy atom. The van der Waals surface area contributed by atoms with Crippen molar-refractivity contribution in [1.82, 2.24) is 5.32 Å². The zero-order chi connectivity index (χ0) is 11.5. The second-order valence-corrected chi connectivity index (χ2v) is 5.08. The monoisotopic (exact) mass is 212 g/mol. The average molecular weight is 212 g/mol. The molecule has 3 N–H and O–H groups in total. The summed E-state index contributed by atoms with van der Waals surface area (Å²) in [5, 5.41) is 3.05.